The second-order valence-electron chi connectivity index (χ2n) is 3.25. The monoisotopic (exact) mass is 252 g/mol. The van der Waals surface area contributed by atoms with Gasteiger partial charge in [-0.2, -0.15) is 0 Å². The average Bonchev–Trinajstić information content (AvgIpc) is 2.28. The molecule has 5 heteroatoms. The summed E-state index contributed by atoms with van der Waals surface area (Å²) >= 11 is 5.81. The highest BCUT2D eigenvalue weighted by Gasteiger charge is 2.01. The molecular weight excluding hydrogens is 240 g/mol. The Morgan fingerprint density at radius 1 is 1.65 bits per heavy atom. The van der Waals surface area contributed by atoms with Gasteiger partial charge >= 0.3 is 0 Å². The minimum absolute atomic E-state index is 0.0613. The molecule has 4 nitrogen and oxygen atoms in total. The highest BCUT2D eigenvalue weighted by atomic mass is 35.5. The highest BCUT2D eigenvalue weighted by molar-refractivity contribution is 6.30. The summed E-state index contributed by atoms with van der Waals surface area (Å²) in [5.74, 6) is 6.21. The lowest BCUT2D eigenvalue weighted by Gasteiger charge is -2.01. The highest BCUT2D eigenvalue weighted by Crippen LogP contribution is 2.17. The van der Waals surface area contributed by atoms with Gasteiger partial charge in [-0.3, -0.25) is 4.79 Å². The molecule has 1 amide bonds. The normalized spacial score (nSPS) is 9.12. The summed E-state index contributed by atoms with van der Waals surface area (Å²) in [5, 5.41) is 3.17. The molecule has 0 saturated heterocycles. The smallest absolute Gasteiger partial charge is 0.229 e. The predicted octanol–water partition coefficient (Wildman–Crippen LogP) is 1.62. The first-order valence-electron chi connectivity index (χ1n) is 5.06. The quantitative estimate of drug-likeness (QED) is 0.657. The molecule has 0 aliphatic rings. The Bertz CT molecular complexity index is 463. The van der Waals surface area contributed by atoms with E-state index in [0.29, 0.717) is 29.4 Å². The van der Waals surface area contributed by atoms with Crippen molar-refractivity contribution in [2.45, 2.75) is 13.3 Å². The van der Waals surface area contributed by atoms with E-state index in [1.54, 1.807) is 6.07 Å². The van der Waals surface area contributed by atoms with Gasteiger partial charge < -0.3 is 10.1 Å². The van der Waals surface area contributed by atoms with E-state index in [-0.39, 0.29) is 5.91 Å². The van der Waals surface area contributed by atoms with Crippen LogP contribution in [-0.2, 0) is 4.79 Å². The Morgan fingerprint density at radius 3 is 3.06 bits per heavy atom. The van der Waals surface area contributed by atoms with Gasteiger partial charge in [0.25, 0.3) is 0 Å². The van der Waals surface area contributed by atoms with Crippen LogP contribution in [0.4, 0.5) is 0 Å². The van der Waals surface area contributed by atoms with Crippen LogP contribution < -0.4 is 10.1 Å². The summed E-state index contributed by atoms with van der Waals surface area (Å²) in [7, 11) is 1.53. The Kier molecular flexibility index (Phi) is 5.31. The summed E-state index contributed by atoms with van der Waals surface area (Å²) in [4.78, 5) is 14.6. The summed E-state index contributed by atoms with van der Waals surface area (Å²) in [6, 6.07) is 1.69. The predicted molar refractivity (Wildman–Crippen MR) is 66.0 cm³/mol. The van der Waals surface area contributed by atoms with E-state index in [0.717, 1.165) is 0 Å². The lowest BCUT2D eigenvalue weighted by atomic mass is 10.2. The fourth-order valence-corrected chi connectivity index (χ4v) is 1.30. The second kappa shape index (κ2) is 6.77. The first-order valence-corrected chi connectivity index (χ1v) is 5.44. The molecule has 0 unspecified atom stereocenters. The lowest BCUT2D eigenvalue weighted by molar-refractivity contribution is -0.118. The average molecular weight is 253 g/mol. The van der Waals surface area contributed by atoms with E-state index < -0.39 is 0 Å². The Hall–Kier alpha value is -1.73. The molecule has 1 aromatic heterocycles. The molecule has 0 spiro atoms. The molecule has 17 heavy (non-hydrogen) atoms. The van der Waals surface area contributed by atoms with Crippen LogP contribution in [0.2, 0.25) is 5.02 Å². The lowest BCUT2D eigenvalue weighted by Crippen LogP contribution is -2.20. The maximum absolute atomic E-state index is 10.6. The third-order valence-corrected chi connectivity index (χ3v) is 2.06. The third-order valence-electron chi connectivity index (χ3n) is 1.86. The molecule has 1 rings (SSSR count). The first kappa shape index (κ1) is 13.3. The molecule has 0 radical (unpaired) electrons. The van der Waals surface area contributed by atoms with Crippen molar-refractivity contribution in [2.75, 3.05) is 13.7 Å². The zero-order valence-corrected chi connectivity index (χ0v) is 10.5. The number of nitrogens with one attached hydrogen (secondary N) is 1. The van der Waals surface area contributed by atoms with Gasteiger partial charge in [0.15, 0.2) is 0 Å². The summed E-state index contributed by atoms with van der Waals surface area (Å²) in [6.07, 6.45) is 2.07. The number of hydrogen-bond donors (Lipinski definition) is 1. The number of ether oxygens (including phenoxy) is 1. The van der Waals surface area contributed by atoms with Gasteiger partial charge in [-0.25, -0.2) is 4.98 Å². The van der Waals surface area contributed by atoms with Gasteiger partial charge in [-0.1, -0.05) is 23.4 Å². The maximum atomic E-state index is 10.6. The fraction of sp³-hybridized carbons (Fsp3) is 0.333. The fourth-order valence-electron chi connectivity index (χ4n) is 1.14. The van der Waals surface area contributed by atoms with E-state index in [2.05, 4.69) is 22.1 Å². The molecule has 90 valence electrons. The van der Waals surface area contributed by atoms with E-state index >= 15 is 0 Å². The van der Waals surface area contributed by atoms with E-state index in [9.17, 15) is 4.79 Å². The molecule has 1 heterocycles. The van der Waals surface area contributed by atoms with Crippen molar-refractivity contribution in [3.8, 4) is 17.7 Å². The Labute approximate surface area is 105 Å². The Morgan fingerprint density at radius 2 is 2.41 bits per heavy atom. The topological polar surface area (TPSA) is 51.2 Å². The molecule has 0 atom stereocenters. The van der Waals surface area contributed by atoms with Gasteiger partial charge in [0.2, 0.25) is 11.8 Å². The number of carbonyl (C=O) groups is 1. The van der Waals surface area contributed by atoms with Crippen molar-refractivity contribution < 1.29 is 9.53 Å². The molecule has 1 aromatic rings. The van der Waals surface area contributed by atoms with Crippen molar-refractivity contribution in [2.24, 2.45) is 0 Å². The van der Waals surface area contributed by atoms with E-state index in [1.165, 1.54) is 20.2 Å². The SMILES string of the molecule is COc1ncc(Cl)cc1C#CCCNC(C)=O. The van der Waals surface area contributed by atoms with Crippen LogP contribution in [0.1, 0.15) is 18.9 Å². The van der Waals surface area contributed by atoms with Gasteiger partial charge in [-0.15, -0.1) is 0 Å². The van der Waals surface area contributed by atoms with Gasteiger partial charge in [0.1, 0.15) is 0 Å². The van der Waals surface area contributed by atoms with Crippen molar-refractivity contribution in [3.05, 3.63) is 22.8 Å². The number of halogens is 1. The minimum atomic E-state index is -0.0613. The van der Waals surface area contributed by atoms with Crippen LogP contribution in [0.15, 0.2) is 12.3 Å². The number of amides is 1. The van der Waals surface area contributed by atoms with Crippen LogP contribution in [0.25, 0.3) is 0 Å². The van der Waals surface area contributed by atoms with Crippen molar-refractivity contribution in [3.63, 3.8) is 0 Å². The summed E-state index contributed by atoms with van der Waals surface area (Å²) < 4.78 is 5.05. The molecule has 0 bridgehead atoms. The second-order valence-corrected chi connectivity index (χ2v) is 3.68. The maximum Gasteiger partial charge on any atom is 0.229 e. The standard InChI is InChI=1S/C12H13ClN2O2/c1-9(16)14-6-4-3-5-10-7-11(13)8-15-12(10)17-2/h7-8H,4,6H2,1-2H3,(H,14,16). The van der Waals surface area contributed by atoms with Crippen molar-refractivity contribution in [1.29, 1.82) is 0 Å². The number of aromatic nitrogens is 1. The van der Waals surface area contributed by atoms with Gasteiger partial charge in [0.05, 0.1) is 17.7 Å². The van der Waals surface area contributed by atoms with Gasteiger partial charge in [0, 0.05) is 26.1 Å². The number of methoxy groups -OCH3 is 1. The zero-order chi connectivity index (χ0) is 12.7. The third kappa shape index (κ3) is 4.75. The van der Waals surface area contributed by atoms with Crippen LogP contribution in [0.5, 0.6) is 5.88 Å². The molecule has 1 N–H and O–H groups in total. The van der Waals surface area contributed by atoms with Crippen molar-refractivity contribution >= 4 is 17.5 Å². The molecular formula is C12H13ClN2O2. The number of carbonyl (C=O) groups excluding carboxylic acids is 1. The molecule has 0 aliphatic heterocycles. The van der Waals surface area contributed by atoms with Crippen molar-refractivity contribution in [1.82, 2.24) is 10.3 Å². The summed E-state index contributed by atoms with van der Waals surface area (Å²) in [5.41, 5.74) is 0.642. The Balaban J connectivity index is 2.64. The first-order chi connectivity index (χ1) is 8.13. The number of rotatable bonds is 3. The van der Waals surface area contributed by atoms with E-state index in [4.69, 9.17) is 16.3 Å². The molecule has 0 fully saturated rings. The summed E-state index contributed by atoms with van der Waals surface area (Å²) in [6.45, 7) is 2.00. The molecule has 0 saturated carbocycles. The number of nitrogens with zero attached hydrogens (tertiary/aromatic N) is 1. The van der Waals surface area contributed by atoms with Crippen LogP contribution in [-0.4, -0.2) is 24.5 Å². The van der Waals surface area contributed by atoms with Gasteiger partial charge in [-0.05, 0) is 6.07 Å². The minimum Gasteiger partial charge on any atom is -0.480 e. The molecule has 0 aliphatic carbocycles. The zero-order valence-electron chi connectivity index (χ0n) is 9.71. The number of pyridine rings is 1. The van der Waals surface area contributed by atoms with E-state index in [1.807, 2.05) is 0 Å². The van der Waals surface area contributed by atoms with Crippen LogP contribution in [0.3, 0.4) is 0 Å². The largest absolute Gasteiger partial charge is 0.480 e. The molecule has 0 aromatic carbocycles. The van der Waals surface area contributed by atoms with Crippen LogP contribution in [0, 0.1) is 11.8 Å². The van der Waals surface area contributed by atoms with Crippen LogP contribution >= 0.6 is 11.6 Å². The number of hydrogen-bond acceptors (Lipinski definition) is 3.